The molecule has 0 spiro atoms. The summed E-state index contributed by atoms with van der Waals surface area (Å²) >= 11 is 0. The van der Waals surface area contributed by atoms with Crippen molar-refractivity contribution in [1.82, 2.24) is 0 Å². The number of hydrogen-bond acceptors (Lipinski definition) is 2. The first-order valence-corrected chi connectivity index (χ1v) is 5.30. The van der Waals surface area contributed by atoms with Crippen LogP contribution < -0.4 is 0 Å². The van der Waals surface area contributed by atoms with Gasteiger partial charge in [-0.2, -0.15) is 0 Å². The van der Waals surface area contributed by atoms with Crippen LogP contribution in [-0.2, 0) is 11.2 Å². The quantitative estimate of drug-likeness (QED) is 0.708. The van der Waals surface area contributed by atoms with Gasteiger partial charge in [0.2, 0.25) is 0 Å². The lowest BCUT2D eigenvalue weighted by atomic mass is 10.0. The molecule has 2 heteroatoms. The fourth-order valence-electron chi connectivity index (χ4n) is 1.38. The lowest BCUT2D eigenvalue weighted by molar-refractivity contribution is 0.0600. The second kappa shape index (κ2) is 5.54. The van der Waals surface area contributed by atoms with Crippen molar-refractivity contribution in [3.8, 4) is 0 Å². The van der Waals surface area contributed by atoms with Gasteiger partial charge in [0.15, 0.2) is 0 Å². The van der Waals surface area contributed by atoms with E-state index in [0.717, 1.165) is 6.42 Å². The van der Waals surface area contributed by atoms with Gasteiger partial charge >= 0.3 is 5.97 Å². The highest BCUT2D eigenvalue weighted by molar-refractivity contribution is 5.89. The molecule has 0 heterocycles. The molecule has 0 saturated carbocycles. The van der Waals surface area contributed by atoms with Crippen molar-refractivity contribution in [1.29, 1.82) is 0 Å². The molecule has 0 bridgehead atoms. The molecule has 0 atom stereocenters. The van der Waals surface area contributed by atoms with Gasteiger partial charge in [0.05, 0.1) is 12.7 Å². The summed E-state index contributed by atoms with van der Waals surface area (Å²) in [6.45, 7) is 4.42. The summed E-state index contributed by atoms with van der Waals surface area (Å²) in [4.78, 5) is 11.2. The van der Waals surface area contributed by atoms with E-state index in [9.17, 15) is 4.79 Å². The predicted molar refractivity (Wildman–Crippen MR) is 60.9 cm³/mol. The Kier molecular flexibility index (Phi) is 4.35. The molecular weight excluding hydrogens is 188 g/mol. The van der Waals surface area contributed by atoms with Gasteiger partial charge < -0.3 is 4.74 Å². The Balaban J connectivity index is 2.60. The van der Waals surface area contributed by atoms with Crippen LogP contribution in [0, 0.1) is 5.92 Å². The Hall–Kier alpha value is -1.31. The molecule has 0 N–H and O–H groups in total. The van der Waals surface area contributed by atoms with E-state index in [-0.39, 0.29) is 5.97 Å². The van der Waals surface area contributed by atoms with Crippen LogP contribution in [-0.4, -0.2) is 13.1 Å². The van der Waals surface area contributed by atoms with Crippen molar-refractivity contribution in [2.24, 2.45) is 5.92 Å². The van der Waals surface area contributed by atoms with Gasteiger partial charge in [-0.3, -0.25) is 0 Å². The van der Waals surface area contributed by atoms with Crippen molar-refractivity contribution >= 4 is 5.97 Å². The lowest BCUT2D eigenvalue weighted by Crippen LogP contribution is -2.01. The number of hydrogen-bond donors (Lipinski definition) is 0. The van der Waals surface area contributed by atoms with E-state index in [1.807, 2.05) is 24.3 Å². The number of ether oxygens (including phenoxy) is 1. The van der Waals surface area contributed by atoms with E-state index >= 15 is 0 Å². The Labute approximate surface area is 91.3 Å². The Morgan fingerprint density at radius 2 is 1.87 bits per heavy atom. The van der Waals surface area contributed by atoms with E-state index in [0.29, 0.717) is 11.5 Å². The van der Waals surface area contributed by atoms with Crippen LogP contribution >= 0.6 is 0 Å². The van der Waals surface area contributed by atoms with Crippen molar-refractivity contribution in [3.05, 3.63) is 35.4 Å². The average molecular weight is 206 g/mol. The third-order valence-electron chi connectivity index (χ3n) is 2.39. The van der Waals surface area contributed by atoms with Crippen LogP contribution in [0.2, 0.25) is 0 Å². The molecule has 0 saturated heterocycles. The molecule has 0 fully saturated rings. The average Bonchev–Trinajstić information content (AvgIpc) is 2.26. The summed E-state index contributed by atoms with van der Waals surface area (Å²) in [5, 5.41) is 0. The van der Waals surface area contributed by atoms with Crippen molar-refractivity contribution in [3.63, 3.8) is 0 Å². The van der Waals surface area contributed by atoms with E-state index in [4.69, 9.17) is 0 Å². The monoisotopic (exact) mass is 206 g/mol. The topological polar surface area (TPSA) is 26.3 Å². The van der Waals surface area contributed by atoms with Gasteiger partial charge in [-0.25, -0.2) is 4.79 Å². The van der Waals surface area contributed by atoms with Gasteiger partial charge in [-0.15, -0.1) is 0 Å². The van der Waals surface area contributed by atoms with Crippen LogP contribution in [0.25, 0.3) is 0 Å². The summed E-state index contributed by atoms with van der Waals surface area (Å²) < 4.78 is 4.64. The molecule has 0 unspecified atom stereocenters. The van der Waals surface area contributed by atoms with E-state index in [1.165, 1.54) is 19.1 Å². The van der Waals surface area contributed by atoms with E-state index in [2.05, 4.69) is 18.6 Å². The number of aryl methyl sites for hydroxylation is 1. The van der Waals surface area contributed by atoms with Crippen LogP contribution in [0.15, 0.2) is 24.3 Å². The number of methoxy groups -OCH3 is 1. The zero-order chi connectivity index (χ0) is 11.3. The lowest BCUT2D eigenvalue weighted by Gasteiger charge is -2.05. The number of carbonyl (C=O) groups is 1. The highest BCUT2D eigenvalue weighted by Crippen LogP contribution is 2.10. The number of esters is 1. The summed E-state index contributed by atoms with van der Waals surface area (Å²) in [5.74, 6) is 0.440. The maximum absolute atomic E-state index is 11.2. The molecule has 0 aliphatic rings. The zero-order valence-corrected chi connectivity index (χ0v) is 9.62. The molecule has 0 radical (unpaired) electrons. The largest absolute Gasteiger partial charge is 0.465 e. The van der Waals surface area contributed by atoms with Gasteiger partial charge in [-0.1, -0.05) is 26.0 Å². The second-order valence-corrected chi connectivity index (χ2v) is 4.12. The van der Waals surface area contributed by atoms with E-state index < -0.39 is 0 Å². The van der Waals surface area contributed by atoms with Crippen LogP contribution in [0.3, 0.4) is 0 Å². The first-order valence-electron chi connectivity index (χ1n) is 5.30. The van der Waals surface area contributed by atoms with Gasteiger partial charge in [0.1, 0.15) is 0 Å². The van der Waals surface area contributed by atoms with Gasteiger partial charge in [0, 0.05) is 0 Å². The Bertz CT molecular complexity index is 312. The summed E-state index contributed by atoms with van der Waals surface area (Å²) in [5.41, 5.74) is 1.89. The predicted octanol–water partition coefficient (Wildman–Crippen LogP) is 3.06. The maximum atomic E-state index is 11.2. The first kappa shape index (κ1) is 11.8. The smallest absolute Gasteiger partial charge is 0.337 e. The molecule has 0 aliphatic carbocycles. The van der Waals surface area contributed by atoms with Crippen LogP contribution in [0.5, 0.6) is 0 Å². The third kappa shape index (κ3) is 3.74. The highest BCUT2D eigenvalue weighted by atomic mass is 16.5. The molecule has 1 aromatic carbocycles. The minimum Gasteiger partial charge on any atom is -0.465 e. The molecule has 82 valence electrons. The van der Waals surface area contributed by atoms with Gasteiger partial charge in [-0.05, 0) is 36.5 Å². The Morgan fingerprint density at radius 1 is 1.27 bits per heavy atom. The summed E-state index contributed by atoms with van der Waals surface area (Å²) in [6.07, 6.45) is 2.25. The fraction of sp³-hybridized carbons (Fsp3) is 0.462. The van der Waals surface area contributed by atoms with Crippen molar-refractivity contribution in [2.75, 3.05) is 7.11 Å². The normalized spacial score (nSPS) is 10.4. The fourth-order valence-corrected chi connectivity index (χ4v) is 1.38. The molecule has 1 rings (SSSR count). The number of carbonyl (C=O) groups excluding carboxylic acids is 1. The molecule has 0 aromatic heterocycles. The van der Waals surface area contributed by atoms with Crippen LogP contribution in [0.1, 0.15) is 36.2 Å². The maximum Gasteiger partial charge on any atom is 0.337 e. The molecule has 15 heavy (non-hydrogen) atoms. The van der Waals surface area contributed by atoms with Crippen LogP contribution in [0.4, 0.5) is 0 Å². The molecule has 0 aliphatic heterocycles. The molecule has 0 amide bonds. The highest BCUT2D eigenvalue weighted by Gasteiger charge is 2.04. The van der Waals surface area contributed by atoms with Crippen molar-refractivity contribution < 1.29 is 9.53 Å². The summed E-state index contributed by atoms with van der Waals surface area (Å²) in [6, 6.07) is 7.63. The second-order valence-electron chi connectivity index (χ2n) is 4.12. The minimum atomic E-state index is -0.273. The standard InChI is InChI=1S/C13H18O2/c1-10(2)4-5-11-6-8-12(9-7-11)13(14)15-3/h6-10H,4-5H2,1-3H3. The minimum absolute atomic E-state index is 0.273. The SMILES string of the molecule is COC(=O)c1ccc(CCC(C)C)cc1. The Morgan fingerprint density at radius 3 is 2.33 bits per heavy atom. The summed E-state index contributed by atoms with van der Waals surface area (Å²) in [7, 11) is 1.40. The third-order valence-corrected chi connectivity index (χ3v) is 2.39. The van der Waals surface area contributed by atoms with Gasteiger partial charge in [0.25, 0.3) is 0 Å². The number of benzene rings is 1. The number of rotatable bonds is 4. The molecule has 2 nitrogen and oxygen atoms in total. The first-order chi connectivity index (χ1) is 7.13. The zero-order valence-electron chi connectivity index (χ0n) is 9.62. The van der Waals surface area contributed by atoms with Crippen molar-refractivity contribution in [2.45, 2.75) is 26.7 Å². The van der Waals surface area contributed by atoms with E-state index in [1.54, 1.807) is 0 Å². The molecular formula is C13H18O2. The molecule has 1 aromatic rings.